The van der Waals surface area contributed by atoms with Crippen molar-refractivity contribution in [1.29, 1.82) is 0 Å². The highest BCUT2D eigenvalue weighted by Crippen LogP contribution is 2.50. The van der Waals surface area contributed by atoms with Crippen LogP contribution >= 0.6 is 18.8 Å². The van der Waals surface area contributed by atoms with Crippen LogP contribution in [0.4, 0.5) is 0 Å². The lowest BCUT2D eigenvalue weighted by atomic mass is 9.96. The molecule has 0 aliphatic carbocycles. The summed E-state index contributed by atoms with van der Waals surface area (Å²) in [5.41, 5.74) is 0. The molecule has 1 saturated heterocycles. The Kier molecular flexibility index (Phi) is 4.53. The van der Waals surface area contributed by atoms with Crippen molar-refractivity contribution < 1.29 is 18.6 Å². The molecular formula is C7H16BO4PS. The first kappa shape index (κ1) is 12.6. The third-order valence-electron chi connectivity index (χ3n) is 2.05. The first-order valence-corrected chi connectivity index (χ1v) is 7.78. The van der Waals surface area contributed by atoms with Gasteiger partial charge in [0.1, 0.15) is 14.0 Å². The molecule has 0 amide bonds. The van der Waals surface area contributed by atoms with Crippen LogP contribution in [0.1, 0.15) is 6.42 Å². The van der Waals surface area contributed by atoms with E-state index in [1.54, 1.807) is 7.11 Å². The van der Waals surface area contributed by atoms with E-state index in [4.69, 9.17) is 14.0 Å². The number of thiol groups is 1. The molecule has 82 valence electrons. The Bertz CT molecular complexity index is 234. The molecule has 0 saturated carbocycles. The van der Waals surface area contributed by atoms with E-state index in [9.17, 15) is 4.57 Å². The summed E-state index contributed by atoms with van der Waals surface area (Å²) in [6.45, 7) is -0.793. The van der Waals surface area contributed by atoms with Crippen LogP contribution in [-0.4, -0.2) is 46.4 Å². The minimum Gasteiger partial charge on any atom is -0.382 e. The van der Waals surface area contributed by atoms with Crippen molar-refractivity contribution >= 4 is 26.7 Å². The molecule has 1 aliphatic heterocycles. The third-order valence-corrected chi connectivity index (χ3v) is 2.99. The molecule has 0 aromatic heterocycles. The Labute approximate surface area is 90.7 Å². The summed E-state index contributed by atoms with van der Waals surface area (Å²) in [7, 11) is 3.57. The van der Waals surface area contributed by atoms with E-state index in [2.05, 4.69) is 12.2 Å². The summed E-state index contributed by atoms with van der Waals surface area (Å²) in [5.74, 6) is 0. The van der Waals surface area contributed by atoms with Crippen molar-refractivity contribution in [3.8, 4) is 0 Å². The summed E-state index contributed by atoms with van der Waals surface area (Å²) in [4.78, 5) is 0. The van der Waals surface area contributed by atoms with Crippen molar-refractivity contribution in [1.82, 2.24) is 0 Å². The van der Waals surface area contributed by atoms with Crippen molar-refractivity contribution in [2.75, 3.05) is 20.4 Å². The zero-order valence-electron chi connectivity index (χ0n) is 8.67. The third kappa shape index (κ3) is 3.95. The second-order valence-electron chi connectivity index (χ2n) is 3.62. The molecule has 4 nitrogen and oxygen atoms in total. The zero-order valence-corrected chi connectivity index (χ0v) is 10.5. The van der Waals surface area contributed by atoms with Gasteiger partial charge in [-0.3, -0.25) is 4.57 Å². The topological polar surface area (TPSA) is 44.8 Å². The molecule has 0 bridgehead atoms. The lowest BCUT2D eigenvalue weighted by Crippen LogP contribution is -2.27. The van der Waals surface area contributed by atoms with E-state index in [-0.39, 0.29) is 18.2 Å². The Morgan fingerprint density at radius 2 is 2.36 bits per heavy atom. The molecule has 14 heavy (non-hydrogen) atoms. The molecule has 0 radical (unpaired) electrons. The smallest absolute Gasteiger partial charge is 0.252 e. The van der Waals surface area contributed by atoms with Crippen LogP contribution in [0.3, 0.4) is 0 Å². The number of ether oxygens (including phenoxy) is 2. The van der Waals surface area contributed by atoms with E-state index in [1.165, 1.54) is 6.66 Å². The number of hydrogen-bond donors (Lipinski definition) is 1. The summed E-state index contributed by atoms with van der Waals surface area (Å²) >= 11 is 3.91. The standard InChI is InChI=1S/C7H16BO4PS/c1-10-4-6-5(3-7(8)11-6)12-13(2,9)14/h5-7H,3-4,8H2,1-2H3,(H,9,14)/t5?,6-,7-,13+/m1/s1. The lowest BCUT2D eigenvalue weighted by molar-refractivity contribution is -0.00884. The van der Waals surface area contributed by atoms with Crippen LogP contribution in [-0.2, 0) is 18.6 Å². The Morgan fingerprint density at radius 3 is 2.86 bits per heavy atom. The minimum atomic E-state index is -2.74. The molecule has 4 atom stereocenters. The van der Waals surface area contributed by atoms with Crippen LogP contribution in [0.25, 0.3) is 0 Å². The van der Waals surface area contributed by atoms with Gasteiger partial charge in [0.15, 0.2) is 0 Å². The quantitative estimate of drug-likeness (QED) is 0.440. The predicted octanol–water partition coefficient (Wildman–Crippen LogP) is 0.519. The SMILES string of the molecule is B[C@H]1CC(O[P@](C)(=O)S)[C@@H](COC)O1. The molecule has 1 aliphatic rings. The van der Waals surface area contributed by atoms with E-state index in [1.807, 2.05) is 7.85 Å². The average Bonchev–Trinajstić information content (AvgIpc) is 2.28. The molecule has 0 aromatic rings. The molecule has 1 rings (SSSR count). The van der Waals surface area contributed by atoms with Gasteiger partial charge >= 0.3 is 0 Å². The van der Waals surface area contributed by atoms with Gasteiger partial charge in [-0.1, -0.05) is 12.2 Å². The second kappa shape index (κ2) is 5.04. The van der Waals surface area contributed by atoms with Crippen LogP contribution in [0.2, 0.25) is 0 Å². The highest BCUT2D eigenvalue weighted by atomic mass is 32.7. The van der Waals surface area contributed by atoms with Crippen LogP contribution < -0.4 is 0 Å². The van der Waals surface area contributed by atoms with Gasteiger partial charge in [-0.2, -0.15) is 0 Å². The maximum Gasteiger partial charge on any atom is 0.252 e. The van der Waals surface area contributed by atoms with Crippen LogP contribution in [0.5, 0.6) is 0 Å². The fourth-order valence-electron chi connectivity index (χ4n) is 1.59. The average molecular weight is 238 g/mol. The van der Waals surface area contributed by atoms with E-state index in [0.29, 0.717) is 6.61 Å². The predicted molar refractivity (Wildman–Crippen MR) is 61.1 cm³/mol. The normalized spacial score (nSPS) is 36.9. The molecule has 0 N–H and O–H groups in total. The van der Waals surface area contributed by atoms with Crippen molar-refractivity contribution in [3.05, 3.63) is 0 Å². The lowest BCUT2D eigenvalue weighted by Gasteiger charge is -2.19. The Morgan fingerprint density at radius 1 is 1.71 bits per heavy atom. The molecule has 7 heteroatoms. The van der Waals surface area contributed by atoms with Gasteiger partial charge < -0.3 is 14.0 Å². The van der Waals surface area contributed by atoms with Crippen molar-refractivity contribution in [3.63, 3.8) is 0 Å². The highest BCUT2D eigenvalue weighted by Gasteiger charge is 2.36. The minimum absolute atomic E-state index is 0.125. The van der Waals surface area contributed by atoms with E-state index < -0.39 is 6.57 Å². The van der Waals surface area contributed by atoms with Gasteiger partial charge in [0.05, 0.1) is 12.7 Å². The Hall–Kier alpha value is 0.525. The first-order chi connectivity index (χ1) is 6.42. The monoisotopic (exact) mass is 238 g/mol. The second-order valence-corrected chi connectivity index (χ2v) is 7.62. The number of hydrogen-bond acceptors (Lipinski definition) is 4. The number of rotatable bonds is 4. The molecule has 0 spiro atoms. The summed E-state index contributed by atoms with van der Waals surface area (Å²) in [5, 5.41) is 0. The van der Waals surface area contributed by atoms with Crippen molar-refractivity contribution in [2.24, 2.45) is 0 Å². The van der Waals surface area contributed by atoms with Gasteiger partial charge in [0.25, 0.3) is 6.57 Å². The molecule has 1 heterocycles. The molecule has 1 unspecified atom stereocenters. The molecule has 1 fully saturated rings. The fraction of sp³-hybridized carbons (Fsp3) is 1.00. The number of methoxy groups -OCH3 is 1. The van der Waals surface area contributed by atoms with E-state index >= 15 is 0 Å². The van der Waals surface area contributed by atoms with E-state index in [0.717, 1.165) is 6.42 Å². The van der Waals surface area contributed by atoms with Gasteiger partial charge in [0.2, 0.25) is 0 Å². The fourth-order valence-corrected chi connectivity index (χ4v) is 2.68. The van der Waals surface area contributed by atoms with Gasteiger partial charge in [-0.25, -0.2) is 0 Å². The van der Waals surface area contributed by atoms with Crippen molar-refractivity contribution in [2.45, 2.75) is 24.6 Å². The molecular weight excluding hydrogens is 222 g/mol. The van der Waals surface area contributed by atoms with Gasteiger partial charge in [0, 0.05) is 19.8 Å². The van der Waals surface area contributed by atoms with Gasteiger partial charge in [-0.05, 0) is 6.42 Å². The zero-order chi connectivity index (χ0) is 10.8. The summed E-state index contributed by atoms with van der Waals surface area (Å²) < 4.78 is 27.3. The Balaban J connectivity index is 2.53. The maximum atomic E-state index is 11.4. The van der Waals surface area contributed by atoms with Crippen LogP contribution in [0.15, 0.2) is 0 Å². The summed E-state index contributed by atoms with van der Waals surface area (Å²) in [6.07, 6.45) is 0.445. The molecule has 0 aromatic carbocycles. The maximum absolute atomic E-state index is 11.4. The highest BCUT2D eigenvalue weighted by molar-refractivity contribution is 8.46. The van der Waals surface area contributed by atoms with Gasteiger partial charge in [-0.15, -0.1) is 0 Å². The summed E-state index contributed by atoms with van der Waals surface area (Å²) in [6, 6.07) is 0.125. The van der Waals surface area contributed by atoms with Crippen LogP contribution in [0, 0.1) is 0 Å². The largest absolute Gasteiger partial charge is 0.382 e. The first-order valence-electron chi connectivity index (χ1n) is 4.55.